The van der Waals surface area contributed by atoms with Crippen LogP contribution in [0.4, 0.5) is 0 Å². The van der Waals surface area contributed by atoms with Gasteiger partial charge in [-0.1, -0.05) is 30.4 Å². The Balaban J connectivity index is 2.12. The molecule has 22 heavy (non-hydrogen) atoms. The maximum atomic E-state index is 5.25. The number of hydrogen-bond acceptors (Lipinski definition) is 2. The molecule has 3 rings (SSSR count). The second kappa shape index (κ2) is 6.41. The van der Waals surface area contributed by atoms with Crippen molar-refractivity contribution < 1.29 is 4.74 Å². The fourth-order valence-electron chi connectivity index (χ4n) is 3.38. The largest absolute Gasteiger partial charge is 0.504 e. The second-order valence-electron chi connectivity index (χ2n) is 5.94. The highest BCUT2D eigenvalue weighted by Gasteiger charge is 2.22. The Morgan fingerprint density at radius 1 is 1.32 bits per heavy atom. The molecule has 3 heteroatoms. The molecule has 0 N–H and O–H groups in total. The van der Waals surface area contributed by atoms with Crippen molar-refractivity contribution in [2.75, 3.05) is 20.7 Å². The number of fused-ring (bicyclic) bond motifs is 3. The third-order valence-corrected chi connectivity index (χ3v) is 4.35. The van der Waals surface area contributed by atoms with E-state index in [-0.39, 0.29) is 0 Å². The van der Waals surface area contributed by atoms with Gasteiger partial charge in [-0.15, -0.1) is 0 Å². The molecule has 1 aliphatic rings. The van der Waals surface area contributed by atoms with Crippen LogP contribution in [0.15, 0.2) is 48.3 Å². The lowest BCUT2D eigenvalue weighted by atomic mass is 10.0. The second-order valence-corrected chi connectivity index (χ2v) is 5.94. The number of likely N-dealkylation sites (N-methyl/N-ethyl adjacent to an activating group) is 1. The van der Waals surface area contributed by atoms with E-state index >= 15 is 0 Å². The average Bonchev–Trinajstić information content (AvgIpc) is 2.82. The fraction of sp³-hybridized carbons (Fsp3) is 0.368. The average molecular weight is 296 g/mol. The predicted octanol–water partition coefficient (Wildman–Crippen LogP) is 3.74. The summed E-state index contributed by atoms with van der Waals surface area (Å²) < 4.78 is 7.70. The summed E-state index contributed by atoms with van der Waals surface area (Å²) in [7, 11) is 3.91. The van der Waals surface area contributed by atoms with Gasteiger partial charge in [-0.05, 0) is 32.0 Å². The van der Waals surface area contributed by atoms with Crippen LogP contribution >= 0.6 is 0 Å². The van der Waals surface area contributed by atoms with Gasteiger partial charge < -0.3 is 14.2 Å². The van der Waals surface area contributed by atoms with Crippen LogP contribution in [-0.4, -0.2) is 30.2 Å². The summed E-state index contributed by atoms with van der Waals surface area (Å²) in [6, 6.07) is 8.76. The molecule has 1 aromatic heterocycles. The van der Waals surface area contributed by atoms with Crippen molar-refractivity contribution >= 4 is 10.9 Å². The molecule has 0 saturated heterocycles. The van der Waals surface area contributed by atoms with Gasteiger partial charge in [-0.2, -0.15) is 0 Å². The van der Waals surface area contributed by atoms with Crippen molar-refractivity contribution in [2.24, 2.45) is 0 Å². The number of rotatable bonds is 4. The minimum Gasteiger partial charge on any atom is -0.504 e. The van der Waals surface area contributed by atoms with Gasteiger partial charge in [0.05, 0.1) is 19.9 Å². The van der Waals surface area contributed by atoms with E-state index in [4.69, 9.17) is 4.74 Å². The Morgan fingerprint density at radius 3 is 2.91 bits per heavy atom. The predicted molar refractivity (Wildman–Crippen MR) is 91.9 cm³/mol. The van der Waals surface area contributed by atoms with Gasteiger partial charge in [0, 0.05) is 35.3 Å². The number of allylic oxidation sites excluding steroid dienone is 3. The monoisotopic (exact) mass is 296 g/mol. The summed E-state index contributed by atoms with van der Waals surface area (Å²) in [4.78, 5) is 2.40. The summed E-state index contributed by atoms with van der Waals surface area (Å²) in [6.07, 6.45) is 7.16. The summed E-state index contributed by atoms with van der Waals surface area (Å²) in [5.41, 5.74) is 5.48. The van der Waals surface area contributed by atoms with Gasteiger partial charge in [0.25, 0.3) is 0 Å². The molecule has 0 aliphatic carbocycles. The molecule has 116 valence electrons. The molecule has 0 atom stereocenters. The summed E-state index contributed by atoms with van der Waals surface area (Å²) in [5, 5.41) is 1.41. The van der Waals surface area contributed by atoms with E-state index in [9.17, 15) is 0 Å². The Labute approximate surface area is 132 Å². The van der Waals surface area contributed by atoms with Gasteiger partial charge in [-0.3, -0.25) is 0 Å². The first-order valence-corrected chi connectivity index (χ1v) is 7.86. The lowest BCUT2D eigenvalue weighted by molar-refractivity contribution is 0.303. The van der Waals surface area contributed by atoms with Crippen LogP contribution in [0.1, 0.15) is 18.2 Å². The van der Waals surface area contributed by atoms with Crippen LogP contribution in [0.5, 0.6) is 0 Å². The standard InChI is InChI=1S/C19H24N2O/c1-4-7-15(14-22-3)12-21-18-9-6-5-8-16(18)17-10-11-20(2)13-19(17)21/h4-9,14H,10-13H2,1-3H3/b7-4-,15-14+. The molecular weight excluding hydrogens is 272 g/mol. The molecule has 3 nitrogen and oxygen atoms in total. The SMILES string of the molecule is C/C=C\C(=C/OC)Cn1c2c(c3ccccc31)CCN(C)C2. The third kappa shape index (κ3) is 2.69. The zero-order valence-electron chi connectivity index (χ0n) is 13.7. The summed E-state index contributed by atoms with van der Waals surface area (Å²) in [6.45, 7) is 5.04. The number of aromatic nitrogens is 1. The lowest BCUT2D eigenvalue weighted by Crippen LogP contribution is -2.27. The van der Waals surface area contributed by atoms with Crippen molar-refractivity contribution in [2.45, 2.75) is 26.4 Å². The molecule has 1 aromatic carbocycles. The molecule has 2 aromatic rings. The van der Waals surface area contributed by atoms with Crippen molar-refractivity contribution in [3.05, 3.63) is 59.5 Å². The lowest BCUT2D eigenvalue weighted by Gasteiger charge is -2.24. The zero-order chi connectivity index (χ0) is 15.5. The van der Waals surface area contributed by atoms with Crippen LogP contribution < -0.4 is 0 Å². The van der Waals surface area contributed by atoms with E-state index < -0.39 is 0 Å². The molecule has 1 aliphatic heterocycles. The molecular formula is C19H24N2O. The van der Waals surface area contributed by atoms with Crippen molar-refractivity contribution in [1.82, 2.24) is 9.47 Å². The molecule has 0 amide bonds. The molecule has 0 saturated carbocycles. The van der Waals surface area contributed by atoms with E-state index in [1.807, 2.05) is 13.2 Å². The van der Waals surface area contributed by atoms with Crippen LogP contribution in [0.25, 0.3) is 10.9 Å². The normalized spacial score (nSPS) is 16.4. The van der Waals surface area contributed by atoms with Crippen molar-refractivity contribution in [3.63, 3.8) is 0 Å². The van der Waals surface area contributed by atoms with Crippen LogP contribution in [0, 0.1) is 0 Å². The number of hydrogen-bond donors (Lipinski definition) is 0. The summed E-state index contributed by atoms with van der Waals surface area (Å²) >= 11 is 0. The highest BCUT2D eigenvalue weighted by atomic mass is 16.5. The maximum absolute atomic E-state index is 5.25. The first kappa shape index (κ1) is 14.9. The minimum absolute atomic E-state index is 0.849. The van der Waals surface area contributed by atoms with Gasteiger partial charge in [-0.25, -0.2) is 0 Å². The van der Waals surface area contributed by atoms with Gasteiger partial charge >= 0.3 is 0 Å². The Bertz CT molecular complexity index is 724. The summed E-state index contributed by atoms with van der Waals surface area (Å²) in [5.74, 6) is 0. The van der Waals surface area contributed by atoms with Crippen LogP contribution in [0.3, 0.4) is 0 Å². The molecule has 0 unspecified atom stereocenters. The number of benzene rings is 1. The van der Waals surface area contributed by atoms with Gasteiger partial charge in [0.15, 0.2) is 0 Å². The highest BCUT2D eigenvalue weighted by Crippen LogP contribution is 2.31. The number of methoxy groups -OCH3 is 1. The zero-order valence-corrected chi connectivity index (χ0v) is 13.7. The topological polar surface area (TPSA) is 17.4 Å². The van der Waals surface area contributed by atoms with Crippen molar-refractivity contribution in [3.8, 4) is 0 Å². The highest BCUT2D eigenvalue weighted by molar-refractivity contribution is 5.86. The van der Waals surface area contributed by atoms with E-state index in [1.54, 1.807) is 7.11 Å². The molecule has 0 bridgehead atoms. The quantitative estimate of drug-likeness (QED) is 0.632. The van der Waals surface area contributed by atoms with Gasteiger partial charge in [0.2, 0.25) is 0 Å². The third-order valence-electron chi connectivity index (χ3n) is 4.35. The van der Waals surface area contributed by atoms with E-state index in [1.165, 1.54) is 27.7 Å². The Morgan fingerprint density at radius 2 is 2.14 bits per heavy atom. The first-order chi connectivity index (χ1) is 10.7. The van der Waals surface area contributed by atoms with E-state index in [0.717, 1.165) is 26.1 Å². The minimum atomic E-state index is 0.849. The maximum Gasteiger partial charge on any atom is 0.0874 e. The number of para-hydroxylation sites is 1. The fourth-order valence-corrected chi connectivity index (χ4v) is 3.38. The van der Waals surface area contributed by atoms with E-state index in [0.29, 0.717) is 0 Å². The van der Waals surface area contributed by atoms with Crippen molar-refractivity contribution in [1.29, 1.82) is 0 Å². The Kier molecular flexibility index (Phi) is 4.34. The van der Waals surface area contributed by atoms with Crippen LogP contribution in [0.2, 0.25) is 0 Å². The molecule has 0 radical (unpaired) electrons. The molecule has 0 spiro atoms. The number of nitrogens with zero attached hydrogens (tertiary/aromatic N) is 2. The number of ether oxygens (including phenoxy) is 1. The molecule has 0 fully saturated rings. The first-order valence-electron chi connectivity index (χ1n) is 7.86. The van der Waals surface area contributed by atoms with Crippen LogP contribution in [-0.2, 0) is 24.2 Å². The Hall–Kier alpha value is -2.00. The van der Waals surface area contributed by atoms with Gasteiger partial charge in [0.1, 0.15) is 0 Å². The smallest absolute Gasteiger partial charge is 0.0874 e. The van der Waals surface area contributed by atoms with E-state index in [2.05, 4.69) is 52.9 Å². The molecule has 2 heterocycles.